The van der Waals surface area contributed by atoms with Gasteiger partial charge in [0.1, 0.15) is 0 Å². The van der Waals surface area contributed by atoms with Crippen molar-refractivity contribution in [3.8, 4) is 0 Å². The van der Waals surface area contributed by atoms with Gasteiger partial charge in [0.15, 0.2) is 0 Å². The minimum atomic E-state index is 0.251. The molecule has 0 aliphatic heterocycles. The van der Waals surface area contributed by atoms with E-state index in [1.807, 2.05) is 0 Å². The molecule has 0 N–H and O–H groups in total. The molecule has 4 rings (SSSR count). The molecule has 0 aromatic heterocycles. The molecular formula is C24H43P. The number of hydrogen-bond donors (Lipinski definition) is 0. The van der Waals surface area contributed by atoms with E-state index in [4.69, 9.17) is 0 Å². The standard InChI is InChI=1S/C24H43P/c1-3-4-14-25(23-12-10-19-8-9-20(15-19)11-13-23)24(2)17-21-6-5-7-22(16-21)18-24/h19-23H,3-18H2,1-2H3. The third kappa shape index (κ3) is 4.31. The van der Waals surface area contributed by atoms with Crippen LogP contribution in [0.2, 0.25) is 0 Å². The molecule has 0 saturated heterocycles. The highest BCUT2D eigenvalue weighted by Crippen LogP contribution is 2.65. The van der Waals surface area contributed by atoms with Gasteiger partial charge in [-0.05, 0) is 98.4 Å². The monoisotopic (exact) mass is 362 g/mol. The highest BCUT2D eigenvalue weighted by molar-refractivity contribution is 7.60. The fourth-order valence-corrected chi connectivity index (χ4v) is 11.9. The van der Waals surface area contributed by atoms with Crippen molar-refractivity contribution in [3.63, 3.8) is 0 Å². The maximum absolute atomic E-state index is 2.78. The van der Waals surface area contributed by atoms with Crippen molar-refractivity contribution in [3.05, 3.63) is 0 Å². The molecule has 4 bridgehead atoms. The first-order valence-corrected chi connectivity index (χ1v) is 13.5. The fraction of sp³-hybridized carbons (Fsp3) is 1.00. The summed E-state index contributed by atoms with van der Waals surface area (Å²) in [4.78, 5) is 0. The highest BCUT2D eigenvalue weighted by Gasteiger charge is 2.46. The Balaban J connectivity index is 1.50. The lowest BCUT2D eigenvalue weighted by atomic mass is 9.68. The fourth-order valence-electron chi connectivity index (χ4n) is 7.57. The maximum Gasteiger partial charge on any atom is -0.0115 e. The van der Waals surface area contributed by atoms with Crippen LogP contribution in [0.5, 0.6) is 0 Å². The van der Waals surface area contributed by atoms with E-state index in [1.54, 1.807) is 89.6 Å². The van der Waals surface area contributed by atoms with Gasteiger partial charge in [-0.1, -0.05) is 60.3 Å². The van der Waals surface area contributed by atoms with Crippen LogP contribution < -0.4 is 0 Å². The van der Waals surface area contributed by atoms with Crippen molar-refractivity contribution in [1.29, 1.82) is 0 Å². The molecule has 0 aromatic rings. The average molecular weight is 363 g/mol. The highest BCUT2D eigenvalue weighted by atomic mass is 31.1. The summed E-state index contributed by atoms with van der Waals surface area (Å²) in [5, 5.41) is 0.751. The second-order valence-corrected chi connectivity index (χ2v) is 13.9. The summed E-state index contributed by atoms with van der Waals surface area (Å²) in [5.74, 6) is 4.45. The molecule has 0 spiro atoms. The van der Waals surface area contributed by atoms with E-state index in [0.717, 1.165) is 34.5 Å². The number of rotatable bonds is 5. The summed E-state index contributed by atoms with van der Waals surface area (Å²) < 4.78 is 0. The van der Waals surface area contributed by atoms with E-state index < -0.39 is 0 Å². The first kappa shape index (κ1) is 18.8. The van der Waals surface area contributed by atoms with Gasteiger partial charge in [-0.25, -0.2) is 0 Å². The first-order valence-electron chi connectivity index (χ1n) is 11.9. The molecule has 25 heavy (non-hydrogen) atoms. The molecule has 0 aromatic carbocycles. The smallest absolute Gasteiger partial charge is 0.0115 e. The van der Waals surface area contributed by atoms with Crippen molar-refractivity contribution >= 4 is 7.92 Å². The van der Waals surface area contributed by atoms with Crippen molar-refractivity contribution in [2.24, 2.45) is 23.7 Å². The molecule has 4 fully saturated rings. The zero-order chi connectivity index (χ0) is 17.3. The quantitative estimate of drug-likeness (QED) is 0.435. The molecule has 1 heteroatoms. The van der Waals surface area contributed by atoms with Gasteiger partial charge < -0.3 is 0 Å². The van der Waals surface area contributed by atoms with Crippen molar-refractivity contribution in [2.45, 2.75) is 121 Å². The Kier molecular flexibility index (Phi) is 6.16. The maximum atomic E-state index is 2.78. The van der Waals surface area contributed by atoms with E-state index in [0.29, 0.717) is 0 Å². The zero-order valence-corrected chi connectivity index (χ0v) is 18.0. The summed E-state index contributed by atoms with van der Waals surface area (Å²) in [5.41, 5.74) is 1.13. The largest absolute Gasteiger partial charge is 0.0974 e. The van der Waals surface area contributed by atoms with E-state index in [9.17, 15) is 0 Å². The summed E-state index contributed by atoms with van der Waals surface area (Å²) in [6.07, 6.45) is 25.2. The van der Waals surface area contributed by atoms with Crippen molar-refractivity contribution < 1.29 is 0 Å². The van der Waals surface area contributed by atoms with E-state index in [1.165, 1.54) is 12.8 Å². The van der Waals surface area contributed by atoms with Gasteiger partial charge in [-0.3, -0.25) is 0 Å². The van der Waals surface area contributed by atoms with Gasteiger partial charge >= 0.3 is 0 Å². The lowest BCUT2D eigenvalue weighted by Crippen LogP contribution is -2.40. The van der Waals surface area contributed by atoms with Gasteiger partial charge in [-0.15, -0.1) is 0 Å². The Morgan fingerprint density at radius 2 is 1.32 bits per heavy atom. The van der Waals surface area contributed by atoms with Crippen LogP contribution in [0.25, 0.3) is 0 Å². The predicted molar refractivity (Wildman–Crippen MR) is 113 cm³/mol. The summed E-state index contributed by atoms with van der Waals surface area (Å²) >= 11 is 0. The van der Waals surface area contributed by atoms with Crippen LogP contribution in [0.15, 0.2) is 0 Å². The lowest BCUT2D eigenvalue weighted by molar-refractivity contribution is 0.159. The average Bonchev–Trinajstić information content (AvgIpc) is 3.05. The van der Waals surface area contributed by atoms with E-state index in [2.05, 4.69) is 13.8 Å². The zero-order valence-electron chi connectivity index (χ0n) is 17.1. The molecule has 4 saturated carbocycles. The number of fused-ring (bicyclic) bond motifs is 4. The molecule has 0 nitrogen and oxygen atoms in total. The van der Waals surface area contributed by atoms with Crippen LogP contribution in [0.4, 0.5) is 0 Å². The van der Waals surface area contributed by atoms with Crippen LogP contribution in [0.3, 0.4) is 0 Å². The molecule has 0 amide bonds. The molecule has 0 heterocycles. The predicted octanol–water partition coefficient (Wildman–Crippen LogP) is 7.99. The Morgan fingerprint density at radius 1 is 0.760 bits per heavy atom. The van der Waals surface area contributed by atoms with Gasteiger partial charge in [0, 0.05) is 0 Å². The van der Waals surface area contributed by atoms with Crippen LogP contribution in [0, 0.1) is 23.7 Å². The number of unbranched alkanes of at least 4 members (excludes halogenated alkanes) is 1. The normalized spacial score (nSPS) is 45.6. The third-order valence-electron chi connectivity index (χ3n) is 8.70. The molecule has 4 aliphatic rings. The first-order chi connectivity index (χ1) is 12.2. The molecular weight excluding hydrogens is 319 g/mol. The second-order valence-electron chi connectivity index (χ2n) is 10.7. The van der Waals surface area contributed by atoms with Crippen LogP contribution in [-0.4, -0.2) is 17.0 Å². The SMILES string of the molecule is CCCCP(C1CCC2CCC(CC1)C2)C1(C)CC2CCCC(C2)C1. The second kappa shape index (κ2) is 8.20. The lowest BCUT2D eigenvalue weighted by Gasteiger charge is -2.52. The molecule has 0 radical (unpaired) electrons. The van der Waals surface area contributed by atoms with Gasteiger partial charge in [0.2, 0.25) is 0 Å². The molecule has 5 atom stereocenters. The summed E-state index contributed by atoms with van der Waals surface area (Å²) in [6.45, 7) is 5.20. The Labute approximate surface area is 159 Å². The Hall–Kier alpha value is 0.430. The summed E-state index contributed by atoms with van der Waals surface area (Å²) in [7, 11) is 0.251. The van der Waals surface area contributed by atoms with E-state index >= 15 is 0 Å². The van der Waals surface area contributed by atoms with Gasteiger partial charge in [0.25, 0.3) is 0 Å². The van der Waals surface area contributed by atoms with Gasteiger partial charge in [-0.2, -0.15) is 0 Å². The Morgan fingerprint density at radius 3 is 1.92 bits per heavy atom. The Bertz CT molecular complexity index is 404. The topological polar surface area (TPSA) is 0 Å². The minimum absolute atomic E-state index is 0.251. The van der Waals surface area contributed by atoms with Crippen LogP contribution in [-0.2, 0) is 0 Å². The minimum Gasteiger partial charge on any atom is -0.0974 e. The third-order valence-corrected chi connectivity index (χ3v) is 12.6. The summed E-state index contributed by atoms with van der Waals surface area (Å²) in [6, 6.07) is 0. The van der Waals surface area contributed by atoms with Crippen LogP contribution >= 0.6 is 7.92 Å². The van der Waals surface area contributed by atoms with Crippen molar-refractivity contribution in [2.75, 3.05) is 6.16 Å². The number of hydrogen-bond acceptors (Lipinski definition) is 0. The van der Waals surface area contributed by atoms with Gasteiger partial charge in [0.05, 0.1) is 0 Å². The molecule has 4 aliphatic carbocycles. The van der Waals surface area contributed by atoms with E-state index in [-0.39, 0.29) is 7.92 Å². The van der Waals surface area contributed by atoms with Crippen molar-refractivity contribution in [1.82, 2.24) is 0 Å². The molecule has 144 valence electrons. The molecule has 5 unspecified atom stereocenters. The van der Waals surface area contributed by atoms with Crippen LogP contribution in [0.1, 0.15) is 110 Å².